The quantitative estimate of drug-likeness (QED) is 0.814. The van der Waals surface area contributed by atoms with Gasteiger partial charge in [-0.05, 0) is 33.0 Å². The van der Waals surface area contributed by atoms with Crippen molar-refractivity contribution in [3.05, 3.63) is 0 Å². The average Bonchev–Trinajstić information content (AvgIpc) is 2.63. The van der Waals surface area contributed by atoms with Crippen molar-refractivity contribution in [1.29, 1.82) is 0 Å². The maximum Gasteiger partial charge on any atom is 0.0306 e. The van der Waals surface area contributed by atoms with Crippen LogP contribution in [-0.4, -0.2) is 37.1 Å². The highest BCUT2D eigenvalue weighted by Crippen LogP contribution is 2.29. The zero-order valence-corrected chi connectivity index (χ0v) is 11.8. The SMILES string of the molecule is CCN(CC)CC1(NC)CCCC1.Cl.Cl. The van der Waals surface area contributed by atoms with Gasteiger partial charge in [-0.1, -0.05) is 26.7 Å². The van der Waals surface area contributed by atoms with Crippen LogP contribution in [0.2, 0.25) is 0 Å². The highest BCUT2D eigenvalue weighted by atomic mass is 35.5. The Kier molecular flexibility index (Phi) is 10.3. The molecule has 1 rings (SSSR count). The summed E-state index contributed by atoms with van der Waals surface area (Å²) >= 11 is 0. The fraction of sp³-hybridized carbons (Fsp3) is 1.00. The Morgan fingerprint density at radius 1 is 1.07 bits per heavy atom. The van der Waals surface area contributed by atoms with Gasteiger partial charge in [0.1, 0.15) is 0 Å². The number of hydrogen-bond acceptors (Lipinski definition) is 2. The van der Waals surface area contributed by atoms with E-state index in [1.165, 1.54) is 45.3 Å². The van der Waals surface area contributed by atoms with Crippen LogP contribution in [0.15, 0.2) is 0 Å². The monoisotopic (exact) mass is 256 g/mol. The Balaban J connectivity index is 0. The van der Waals surface area contributed by atoms with Crippen LogP contribution in [0, 0.1) is 0 Å². The van der Waals surface area contributed by atoms with Crippen molar-refractivity contribution in [1.82, 2.24) is 10.2 Å². The van der Waals surface area contributed by atoms with Gasteiger partial charge in [0.2, 0.25) is 0 Å². The van der Waals surface area contributed by atoms with Crippen molar-refractivity contribution in [3.8, 4) is 0 Å². The molecule has 0 spiro atoms. The molecule has 0 bridgehead atoms. The van der Waals surface area contributed by atoms with Crippen molar-refractivity contribution < 1.29 is 0 Å². The zero-order valence-electron chi connectivity index (χ0n) is 10.2. The molecule has 15 heavy (non-hydrogen) atoms. The lowest BCUT2D eigenvalue weighted by molar-refractivity contribution is 0.201. The minimum absolute atomic E-state index is 0. The fourth-order valence-electron chi connectivity index (χ4n) is 2.41. The molecule has 0 radical (unpaired) electrons. The van der Waals surface area contributed by atoms with Gasteiger partial charge in [0.25, 0.3) is 0 Å². The van der Waals surface area contributed by atoms with Crippen molar-refractivity contribution in [3.63, 3.8) is 0 Å². The summed E-state index contributed by atoms with van der Waals surface area (Å²) in [5.41, 5.74) is 0.437. The predicted octanol–water partition coefficient (Wildman–Crippen LogP) is 2.70. The summed E-state index contributed by atoms with van der Waals surface area (Å²) in [6.45, 7) is 8.10. The maximum absolute atomic E-state index is 3.53. The first-order chi connectivity index (χ1) is 6.26. The van der Waals surface area contributed by atoms with Crippen molar-refractivity contribution in [2.75, 3.05) is 26.7 Å². The maximum atomic E-state index is 3.53. The largest absolute Gasteiger partial charge is 0.313 e. The molecule has 0 aromatic heterocycles. The second kappa shape index (κ2) is 8.63. The van der Waals surface area contributed by atoms with Gasteiger partial charge in [-0.2, -0.15) is 0 Å². The molecule has 94 valence electrons. The molecule has 1 N–H and O–H groups in total. The van der Waals surface area contributed by atoms with Crippen LogP contribution in [-0.2, 0) is 0 Å². The van der Waals surface area contributed by atoms with Crippen LogP contribution in [0.25, 0.3) is 0 Å². The summed E-state index contributed by atoms with van der Waals surface area (Å²) in [6.07, 6.45) is 5.53. The van der Waals surface area contributed by atoms with Crippen LogP contribution in [0.5, 0.6) is 0 Å². The Bertz CT molecular complexity index is 144. The summed E-state index contributed by atoms with van der Waals surface area (Å²) in [4.78, 5) is 2.53. The predicted molar refractivity (Wildman–Crippen MR) is 72.5 cm³/mol. The molecule has 0 amide bonds. The number of nitrogens with one attached hydrogen (secondary N) is 1. The number of likely N-dealkylation sites (N-methyl/N-ethyl adjacent to an activating group) is 2. The van der Waals surface area contributed by atoms with E-state index in [0.717, 1.165) is 0 Å². The van der Waals surface area contributed by atoms with E-state index >= 15 is 0 Å². The molecule has 2 nitrogen and oxygen atoms in total. The van der Waals surface area contributed by atoms with Crippen LogP contribution in [0.3, 0.4) is 0 Å². The third kappa shape index (κ3) is 4.90. The lowest BCUT2D eigenvalue weighted by Gasteiger charge is -2.34. The molecule has 1 fully saturated rings. The van der Waals surface area contributed by atoms with Gasteiger partial charge in [-0.25, -0.2) is 0 Å². The molecule has 1 aliphatic carbocycles. The van der Waals surface area contributed by atoms with Gasteiger partial charge in [-0.3, -0.25) is 0 Å². The number of rotatable bonds is 5. The minimum atomic E-state index is 0. The van der Waals surface area contributed by atoms with Crippen molar-refractivity contribution >= 4 is 24.8 Å². The Morgan fingerprint density at radius 3 is 1.87 bits per heavy atom. The van der Waals surface area contributed by atoms with Crippen LogP contribution in [0.4, 0.5) is 0 Å². The number of halogens is 2. The molecule has 1 saturated carbocycles. The van der Waals surface area contributed by atoms with E-state index in [-0.39, 0.29) is 24.8 Å². The molecule has 0 saturated heterocycles. The Labute approximate surface area is 107 Å². The highest BCUT2D eigenvalue weighted by molar-refractivity contribution is 5.85. The normalized spacial score (nSPS) is 18.4. The van der Waals surface area contributed by atoms with Gasteiger partial charge < -0.3 is 10.2 Å². The third-order valence-electron chi connectivity index (χ3n) is 3.51. The van der Waals surface area contributed by atoms with E-state index < -0.39 is 0 Å². The molecule has 0 aromatic rings. The average molecular weight is 257 g/mol. The Morgan fingerprint density at radius 2 is 1.53 bits per heavy atom. The molecule has 0 aliphatic heterocycles. The summed E-state index contributed by atoms with van der Waals surface area (Å²) in [5, 5.41) is 3.53. The van der Waals surface area contributed by atoms with Crippen molar-refractivity contribution in [2.24, 2.45) is 0 Å². The topological polar surface area (TPSA) is 15.3 Å². The van der Waals surface area contributed by atoms with Crippen molar-refractivity contribution in [2.45, 2.75) is 45.1 Å². The van der Waals surface area contributed by atoms with Crippen LogP contribution in [0.1, 0.15) is 39.5 Å². The zero-order chi connectivity index (χ0) is 9.73. The molecule has 0 unspecified atom stereocenters. The molecule has 1 aliphatic rings. The summed E-state index contributed by atoms with van der Waals surface area (Å²) in [5.74, 6) is 0. The first kappa shape index (κ1) is 17.9. The Hall–Kier alpha value is 0.500. The number of nitrogens with zero attached hydrogens (tertiary/aromatic N) is 1. The molecular weight excluding hydrogens is 231 g/mol. The molecule has 0 heterocycles. The smallest absolute Gasteiger partial charge is 0.0306 e. The standard InChI is InChI=1S/C11H24N2.2ClH/c1-4-13(5-2)10-11(12-3)8-6-7-9-11;;/h12H,4-10H2,1-3H3;2*1H. The second-order valence-electron chi connectivity index (χ2n) is 4.20. The fourth-order valence-corrected chi connectivity index (χ4v) is 2.41. The van der Waals surface area contributed by atoms with E-state index in [4.69, 9.17) is 0 Å². The van der Waals surface area contributed by atoms with Gasteiger partial charge in [-0.15, -0.1) is 24.8 Å². The molecule has 0 aromatic carbocycles. The van der Waals surface area contributed by atoms with Gasteiger partial charge in [0.15, 0.2) is 0 Å². The second-order valence-corrected chi connectivity index (χ2v) is 4.20. The van der Waals surface area contributed by atoms with E-state index in [0.29, 0.717) is 5.54 Å². The van der Waals surface area contributed by atoms with Crippen LogP contribution >= 0.6 is 24.8 Å². The van der Waals surface area contributed by atoms with Gasteiger partial charge in [0.05, 0.1) is 0 Å². The van der Waals surface area contributed by atoms with Gasteiger partial charge in [0, 0.05) is 12.1 Å². The summed E-state index contributed by atoms with van der Waals surface area (Å²) in [7, 11) is 2.12. The first-order valence-electron chi connectivity index (χ1n) is 5.67. The van der Waals surface area contributed by atoms with E-state index in [2.05, 4.69) is 31.1 Å². The van der Waals surface area contributed by atoms with E-state index in [1.807, 2.05) is 0 Å². The highest BCUT2D eigenvalue weighted by Gasteiger charge is 2.32. The molecule has 4 heteroatoms. The molecule has 0 atom stereocenters. The van der Waals surface area contributed by atoms with E-state index in [9.17, 15) is 0 Å². The van der Waals surface area contributed by atoms with Crippen LogP contribution < -0.4 is 5.32 Å². The lowest BCUT2D eigenvalue weighted by Crippen LogP contribution is -2.50. The lowest BCUT2D eigenvalue weighted by atomic mass is 9.97. The minimum Gasteiger partial charge on any atom is -0.313 e. The first-order valence-corrected chi connectivity index (χ1v) is 5.67. The molecular formula is C11H26Cl2N2. The third-order valence-corrected chi connectivity index (χ3v) is 3.51. The number of hydrogen-bond donors (Lipinski definition) is 1. The summed E-state index contributed by atoms with van der Waals surface area (Å²) in [6, 6.07) is 0. The van der Waals surface area contributed by atoms with Gasteiger partial charge >= 0.3 is 0 Å². The van der Waals surface area contributed by atoms with E-state index in [1.54, 1.807) is 0 Å². The summed E-state index contributed by atoms with van der Waals surface area (Å²) < 4.78 is 0.